The van der Waals surface area contributed by atoms with Gasteiger partial charge in [0.05, 0.1) is 18.6 Å². The number of amides is 1. The van der Waals surface area contributed by atoms with Crippen molar-refractivity contribution >= 4 is 22.8 Å². The van der Waals surface area contributed by atoms with Crippen LogP contribution in [0.1, 0.15) is 32.1 Å². The van der Waals surface area contributed by atoms with Gasteiger partial charge < -0.3 is 10.4 Å². The number of aliphatic imine (C=N–C) groups is 1. The molecule has 1 amide bonds. The number of hydrogen-bond donors (Lipinski definition) is 2. The van der Waals surface area contributed by atoms with Crippen LogP contribution < -0.4 is 5.32 Å². The molecule has 0 bridgehead atoms. The van der Waals surface area contributed by atoms with Crippen LogP contribution in [0.4, 0.5) is 0 Å². The summed E-state index contributed by atoms with van der Waals surface area (Å²) in [6, 6.07) is 0. The fraction of sp³-hybridized carbons (Fsp3) is 0.800. The topological polar surface area (TPSA) is 61.7 Å². The summed E-state index contributed by atoms with van der Waals surface area (Å²) in [6.45, 7) is 0.782. The summed E-state index contributed by atoms with van der Waals surface area (Å²) in [4.78, 5) is 15.7. The Morgan fingerprint density at radius 1 is 1.53 bits per heavy atom. The largest absolute Gasteiger partial charge is 0.389 e. The minimum absolute atomic E-state index is 0.104. The van der Waals surface area contributed by atoms with Crippen molar-refractivity contribution in [1.82, 2.24) is 5.32 Å². The van der Waals surface area contributed by atoms with Crippen LogP contribution in [0.25, 0.3) is 0 Å². The summed E-state index contributed by atoms with van der Waals surface area (Å²) in [5.74, 6) is 0.840. The second kappa shape index (κ2) is 4.53. The van der Waals surface area contributed by atoms with Crippen LogP contribution in [0.5, 0.6) is 0 Å². The van der Waals surface area contributed by atoms with Crippen molar-refractivity contribution in [2.24, 2.45) is 4.99 Å². The van der Waals surface area contributed by atoms with Gasteiger partial charge in [-0.05, 0) is 12.8 Å². The molecule has 1 aliphatic heterocycles. The third-order valence-electron chi connectivity index (χ3n) is 2.86. The molecule has 1 fully saturated rings. The number of nitrogens with one attached hydrogen (secondary N) is 1. The summed E-state index contributed by atoms with van der Waals surface area (Å²) in [5.41, 5.74) is -0.756. The molecule has 4 nitrogen and oxygen atoms in total. The van der Waals surface area contributed by atoms with Gasteiger partial charge in [-0.1, -0.05) is 24.6 Å². The summed E-state index contributed by atoms with van der Waals surface area (Å²) < 4.78 is 0. The van der Waals surface area contributed by atoms with Gasteiger partial charge in [-0.15, -0.1) is 0 Å². The lowest BCUT2D eigenvalue weighted by atomic mass is 9.98. The van der Waals surface area contributed by atoms with Crippen LogP contribution in [0.15, 0.2) is 4.99 Å². The van der Waals surface area contributed by atoms with E-state index in [-0.39, 0.29) is 12.3 Å². The Labute approximate surface area is 93.5 Å². The van der Waals surface area contributed by atoms with E-state index in [1.807, 2.05) is 0 Å². The van der Waals surface area contributed by atoms with Gasteiger partial charge in [0.15, 0.2) is 5.17 Å². The first-order chi connectivity index (χ1) is 7.18. The number of carbonyl (C=O) groups excluding carboxylic acids is 1. The van der Waals surface area contributed by atoms with Gasteiger partial charge in [-0.3, -0.25) is 9.79 Å². The van der Waals surface area contributed by atoms with Crippen molar-refractivity contribution in [3.05, 3.63) is 0 Å². The normalized spacial score (nSPS) is 23.9. The second-order valence-corrected chi connectivity index (χ2v) is 5.28. The van der Waals surface area contributed by atoms with Crippen molar-refractivity contribution in [2.45, 2.75) is 37.7 Å². The zero-order valence-corrected chi connectivity index (χ0v) is 9.48. The summed E-state index contributed by atoms with van der Waals surface area (Å²) >= 11 is 1.56. The van der Waals surface area contributed by atoms with Gasteiger partial charge in [0, 0.05) is 5.75 Å². The number of nitrogens with zero attached hydrogens (tertiary/aromatic N) is 1. The van der Waals surface area contributed by atoms with E-state index >= 15 is 0 Å². The number of thioether (sulfide) groups is 1. The first-order valence-corrected chi connectivity index (χ1v) is 6.36. The smallest absolute Gasteiger partial charge is 0.228 e. The van der Waals surface area contributed by atoms with Crippen LogP contribution in [0, 0.1) is 0 Å². The minimum atomic E-state index is -0.756. The van der Waals surface area contributed by atoms with E-state index in [1.165, 1.54) is 0 Å². The zero-order chi connectivity index (χ0) is 10.7. The monoisotopic (exact) mass is 228 g/mol. The van der Waals surface area contributed by atoms with Gasteiger partial charge >= 0.3 is 0 Å². The van der Waals surface area contributed by atoms with Crippen molar-refractivity contribution in [1.29, 1.82) is 0 Å². The van der Waals surface area contributed by atoms with Gasteiger partial charge in [0.1, 0.15) is 0 Å². The Morgan fingerprint density at radius 3 is 2.87 bits per heavy atom. The van der Waals surface area contributed by atoms with Gasteiger partial charge in [0.2, 0.25) is 5.91 Å². The van der Waals surface area contributed by atoms with Crippen LogP contribution >= 0.6 is 11.8 Å². The molecule has 1 heterocycles. The number of carbonyl (C=O) groups is 1. The Balaban J connectivity index is 1.81. The highest BCUT2D eigenvalue weighted by atomic mass is 32.2. The molecule has 0 spiro atoms. The Kier molecular flexibility index (Phi) is 3.31. The zero-order valence-electron chi connectivity index (χ0n) is 8.66. The maximum Gasteiger partial charge on any atom is 0.228 e. The number of hydrogen-bond acceptors (Lipinski definition) is 4. The molecule has 0 saturated heterocycles. The molecule has 2 N–H and O–H groups in total. The fourth-order valence-corrected chi connectivity index (χ4v) is 2.83. The maximum atomic E-state index is 11.6. The third-order valence-corrected chi connectivity index (χ3v) is 3.75. The lowest BCUT2D eigenvalue weighted by Gasteiger charge is -2.20. The second-order valence-electron chi connectivity index (χ2n) is 4.19. The highest BCUT2D eigenvalue weighted by molar-refractivity contribution is 8.14. The lowest BCUT2D eigenvalue weighted by Crippen LogP contribution is -2.36. The summed E-state index contributed by atoms with van der Waals surface area (Å²) in [5, 5.41) is 13.5. The highest BCUT2D eigenvalue weighted by Crippen LogP contribution is 2.32. The van der Waals surface area contributed by atoms with E-state index in [0.29, 0.717) is 5.17 Å². The molecule has 15 heavy (non-hydrogen) atoms. The van der Waals surface area contributed by atoms with E-state index in [0.717, 1.165) is 38.0 Å². The SMILES string of the molecule is O=C(CC1(O)CCCC1)NC1=NCCS1. The molecule has 0 radical (unpaired) electrons. The molecule has 0 aromatic rings. The predicted octanol–water partition coefficient (Wildman–Crippen LogP) is 0.901. The van der Waals surface area contributed by atoms with Crippen molar-refractivity contribution in [2.75, 3.05) is 12.3 Å². The van der Waals surface area contributed by atoms with Gasteiger partial charge in [0.25, 0.3) is 0 Å². The molecule has 1 aliphatic carbocycles. The summed E-state index contributed by atoms with van der Waals surface area (Å²) in [7, 11) is 0. The predicted molar refractivity (Wildman–Crippen MR) is 60.9 cm³/mol. The molecule has 2 aliphatic rings. The Morgan fingerprint density at radius 2 is 2.27 bits per heavy atom. The lowest BCUT2D eigenvalue weighted by molar-refractivity contribution is -0.124. The van der Waals surface area contributed by atoms with Crippen LogP contribution in [-0.2, 0) is 4.79 Å². The quantitative estimate of drug-likeness (QED) is 0.738. The Hall–Kier alpha value is -0.550. The van der Waals surface area contributed by atoms with Crippen LogP contribution in [-0.4, -0.2) is 34.1 Å². The third kappa shape index (κ3) is 2.95. The fourth-order valence-electron chi connectivity index (χ4n) is 2.08. The minimum Gasteiger partial charge on any atom is -0.389 e. The molecular weight excluding hydrogens is 212 g/mol. The van der Waals surface area contributed by atoms with E-state index < -0.39 is 5.60 Å². The van der Waals surface area contributed by atoms with E-state index in [1.54, 1.807) is 11.8 Å². The van der Waals surface area contributed by atoms with Crippen molar-refractivity contribution < 1.29 is 9.90 Å². The molecule has 0 aromatic carbocycles. The molecule has 0 unspecified atom stereocenters. The van der Waals surface area contributed by atoms with E-state index in [2.05, 4.69) is 10.3 Å². The number of aliphatic hydroxyl groups is 1. The molecule has 5 heteroatoms. The summed E-state index contributed by atoms with van der Waals surface area (Å²) in [6.07, 6.45) is 3.77. The van der Waals surface area contributed by atoms with E-state index in [4.69, 9.17) is 0 Å². The number of rotatable bonds is 2. The van der Waals surface area contributed by atoms with Crippen molar-refractivity contribution in [3.8, 4) is 0 Å². The average molecular weight is 228 g/mol. The molecular formula is C10H16N2O2S. The maximum absolute atomic E-state index is 11.6. The molecule has 1 saturated carbocycles. The Bertz CT molecular complexity index is 285. The average Bonchev–Trinajstić information content (AvgIpc) is 2.76. The molecule has 84 valence electrons. The number of amidine groups is 1. The molecule has 0 atom stereocenters. The highest BCUT2D eigenvalue weighted by Gasteiger charge is 2.33. The van der Waals surface area contributed by atoms with Crippen LogP contribution in [0.2, 0.25) is 0 Å². The first-order valence-electron chi connectivity index (χ1n) is 5.37. The van der Waals surface area contributed by atoms with Crippen LogP contribution in [0.3, 0.4) is 0 Å². The van der Waals surface area contributed by atoms with Gasteiger partial charge in [-0.2, -0.15) is 0 Å². The van der Waals surface area contributed by atoms with E-state index in [9.17, 15) is 9.90 Å². The van der Waals surface area contributed by atoms with Gasteiger partial charge in [-0.25, -0.2) is 0 Å². The molecule has 0 aromatic heterocycles. The van der Waals surface area contributed by atoms with Crippen molar-refractivity contribution in [3.63, 3.8) is 0 Å². The molecule has 2 rings (SSSR count). The standard InChI is InChI=1S/C10H16N2O2S/c13-8(12-9-11-5-6-15-9)7-10(14)3-1-2-4-10/h14H,1-7H2,(H,11,12,13). The first kappa shape index (κ1) is 11.0.